The second kappa shape index (κ2) is 4.04. The van der Waals surface area contributed by atoms with Crippen molar-refractivity contribution in [3.05, 3.63) is 10.8 Å². The average Bonchev–Trinajstić information content (AvgIpc) is 3.00. The quantitative estimate of drug-likeness (QED) is 0.549. The van der Waals surface area contributed by atoms with Crippen LogP contribution in [0, 0.1) is 17.8 Å². The van der Waals surface area contributed by atoms with Crippen LogP contribution in [0.1, 0.15) is 12.8 Å². The molecule has 6 nitrogen and oxygen atoms in total. The van der Waals surface area contributed by atoms with E-state index < -0.39 is 0 Å². The first-order chi connectivity index (χ1) is 9.20. The van der Waals surface area contributed by atoms with Crippen LogP contribution in [0.4, 0.5) is 11.6 Å². The monoisotopic (exact) mass is 325 g/mol. The Morgan fingerprint density at radius 1 is 1.37 bits per heavy atom. The predicted molar refractivity (Wildman–Crippen MR) is 74.4 cm³/mol. The Bertz CT molecular complexity index is 525. The molecule has 3 aliphatic rings. The molecule has 0 aromatic carbocycles. The number of aromatic nitrogens is 2. The van der Waals surface area contributed by atoms with Crippen molar-refractivity contribution in [2.45, 2.75) is 25.0 Å². The maximum Gasteiger partial charge on any atom is 0.159 e. The van der Waals surface area contributed by atoms with Crippen LogP contribution in [0.2, 0.25) is 0 Å². The molecular weight excluding hydrogens is 310 g/mol. The largest absolute Gasteiger partial charge is 0.391 e. The Balaban J connectivity index is 1.74. The van der Waals surface area contributed by atoms with Gasteiger partial charge in [-0.05, 0) is 46.5 Å². The number of hydrazine groups is 1. The topological polar surface area (TPSA) is 87.3 Å². The number of fused-ring (bicyclic) bond motifs is 1. The molecule has 2 bridgehead atoms. The SMILES string of the molecule is NNc1ncnc(N2CC3CC4CC3C2C4O)c1Br. The van der Waals surface area contributed by atoms with Crippen molar-refractivity contribution in [2.75, 3.05) is 16.9 Å². The molecule has 2 aliphatic carbocycles. The Morgan fingerprint density at radius 2 is 2.21 bits per heavy atom. The van der Waals surface area contributed by atoms with Crippen LogP contribution < -0.4 is 16.2 Å². The first kappa shape index (κ1) is 11.9. The molecule has 1 aromatic heterocycles. The van der Waals surface area contributed by atoms with E-state index in [1.807, 2.05) is 0 Å². The molecule has 0 spiro atoms. The van der Waals surface area contributed by atoms with Crippen LogP contribution in [0.5, 0.6) is 0 Å². The number of aliphatic hydroxyl groups is 1. The highest BCUT2D eigenvalue weighted by Gasteiger charge is 2.59. The fourth-order valence-electron chi connectivity index (χ4n) is 4.32. The minimum absolute atomic E-state index is 0.209. The van der Waals surface area contributed by atoms with Crippen molar-refractivity contribution >= 4 is 27.6 Å². The molecule has 0 radical (unpaired) electrons. The number of nitrogens with zero attached hydrogens (tertiary/aromatic N) is 3. The molecule has 3 fully saturated rings. The lowest BCUT2D eigenvalue weighted by Crippen LogP contribution is -2.41. The normalized spacial score (nSPS) is 39.1. The number of hydrogen-bond acceptors (Lipinski definition) is 6. The van der Waals surface area contributed by atoms with Crippen molar-refractivity contribution in [1.29, 1.82) is 0 Å². The Morgan fingerprint density at radius 3 is 2.95 bits per heavy atom. The van der Waals surface area contributed by atoms with Gasteiger partial charge in [0.05, 0.1) is 12.1 Å². The zero-order valence-electron chi connectivity index (χ0n) is 10.3. The van der Waals surface area contributed by atoms with Gasteiger partial charge in [-0.1, -0.05) is 0 Å². The molecule has 0 amide bonds. The summed E-state index contributed by atoms with van der Waals surface area (Å²) in [5.41, 5.74) is 2.56. The van der Waals surface area contributed by atoms with Gasteiger partial charge in [0.15, 0.2) is 5.82 Å². The molecule has 4 rings (SSSR count). The zero-order valence-corrected chi connectivity index (χ0v) is 11.9. The van der Waals surface area contributed by atoms with Crippen LogP contribution in [-0.2, 0) is 0 Å². The van der Waals surface area contributed by atoms with E-state index in [0.717, 1.165) is 29.7 Å². The number of nitrogen functional groups attached to an aromatic ring is 1. The second-order valence-corrected chi connectivity index (χ2v) is 6.59. The van der Waals surface area contributed by atoms with Crippen molar-refractivity contribution in [2.24, 2.45) is 23.6 Å². The van der Waals surface area contributed by atoms with E-state index >= 15 is 0 Å². The minimum atomic E-state index is -0.222. The highest BCUT2D eigenvalue weighted by Crippen LogP contribution is 2.56. The molecule has 1 saturated heterocycles. The van der Waals surface area contributed by atoms with E-state index in [4.69, 9.17) is 5.84 Å². The summed E-state index contributed by atoms with van der Waals surface area (Å²) in [4.78, 5) is 10.7. The minimum Gasteiger partial charge on any atom is -0.391 e. The van der Waals surface area contributed by atoms with E-state index in [-0.39, 0.29) is 12.1 Å². The summed E-state index contributed by atoms with van der Waals surface area (Å²) >= 11 is 3.51. The van der Waals surface area contributed by atoms with Gasteiger partial charge in [0.25, 0.3) is 0 Å². The lowest BCUT2D eigenvalue weighted by atomic mass is 9.88. The van der Waals surface area contributed by atoms with Crippen molar-refractivity contribution in [3.63, 3.8) is 0 Å². The molecule has 5 atom stereocenters. The fourth-order valence-corrected chi connectivity index (χ4v) is 4.87. The van der Waals surface area contributed by atoms with Crippen molar-refractivity contribution in [3.8, 4) is 0 Å². The predicted octanol–water partition coefficient (Wildman–Crippen LogP) is 0.730. The van der Waals surface area contributed by atoms with Crippen LogP contribution >= 0.6 is 15.9 Å². The van der Waals surface area contributed by atoms with Crippen LogP contribution in [0.25, 0.3) is 0 Å². The standard InChI is InChI=1S/C12H16BrN5O/c13-8-11(17-14)15-4-16-12(8)18-3-6-1-5-2-7(6)9(18)10(5)19/h4-7,9-10,19H,1-3,14H2,(H,15,16,17). The highest BCUT2D eigenvalue weighted by molar-refractivity contribution is 9.10. The van der Waals surface area contributed by atoms with Gasteiger partial charge in [-0.15, -0.1) is 0 Å². The second-order valence-electron chi connectivity index (χ2n) is 5.79. The number of nitrogens with two attached hydrogens (primary N) is 1. The van der Waals surface area contributed by atoms with Crippen LogP contribution in [0.15, 0.2) is 10.8 Å². The number of anilines is 2. The van der Waals surface area contributed by atoms with Gasteiger partial charge in [0.2, 0.25) is 0 Å². The summed E-state index contributed by atoms with van der Waals surface area (Å²) in [6.45, 7) is 0.975. The van der Waals surface area contributed by atoms with E-state index in [1.165, 1.54) is 6.33 Å². The van der Waals surface area contributed by atoms with Crippen molar-refractivity contribution in [1.82, 2.24) is 9.97 Å². The van der Waals surface area contributed by atoms with Gasteiger partial charge in [0, 0.05) is 6.54 Å². The van der Waals surface area contributed by atoms with Gasteiger partial charge in [-0.25, -0.2) is 15.8 Å². The summed E-state index contributed by atoms with van der Waals surface area (Å²) in [6.07, 6.45) is 3.61. The Hall–Kier alpha value is -0.920. The van der Waals surface area contributed by atoms with Crippen LogP contribution in [-0.4, -0.2) is 33.8 Å². The molecule has 1 aromatic rings. The molecule has 2 heterocycles. The number of aliphatic hydroxyl groups excluding tert-OH is 1. The molecule has 5 unspecified atom stereocenters. The van der Waals surface area contributed by atoms with Gasteiger partial charge >= 0.3 is 0 Å². The Kier molecular flexibility index (Phi) is 2.52. The van der Waals surface area contributed by atoms with E-state index in [2.05, 4.69) is 36.2 Å². The number of hydrogen-bond donors (Lipinski definition) is 3. The maximum atomic E-state index is 10.4. The lowest BCUT2D eigenvalue weighted by Gasteiger charge is -2.30. The van der Waals surface area contributed by atoms with E-state index in [0.29, 0.717) is 23.6 Å². The molecule has 102 valence electrons. The molecule has 7 heteroatoms. The number of halogens is 1. The van der Waals surface area contributed by atoms with Gasteiger partial charge < -0.3 is 15.4 Å². The molecule has 1 aliphatic heterocycles. The fraction of sp³-hybridized carbons (Fsp3) is 0.667. The highest BCUT2D eigenvalue weighted by atomic mass is 79.9. The summed E-state index contributed by atoms with van der Waals surface area (Å²) in [6, 6.07) is 0.209. The lowest BCUT2D eigenvalue weighted by molar-refractivity contribution is 0.0965. The van der Waals surface area contributed by atoms with Crippen LogP contribution in [0.3, 0.4) is 0 Å². The first-order valence-electron chi connectivity index (χ1n) is 6.62. The summed E-state index contributed by atoms with van der Waals surface area (Å²) < 4.78 is 0.773. The summed E-state index contributed by atoms with van der Waals surface area (Å²) in [7, 11) is 0. The van der Waals surface area contributed by atoms with E-state index in [1.54, 1.807) is 0 Å². The molecule has 4 N–H and O–H groups in total. The third kappa shape index (κ3) is 1.49. The first-order valence-corrected chi connectivity index (χ1v) is 7.42. The third-order valence-corrected chi connectivity index (χ3v) is 5.76. The van der Waals surface area contributed by atoms with Gasteiger partial charge in [-0.3, -0.25) is 0 Å². The molecule has 2 saturated carbocycles. The maximum absolute atomic E-state index is 10.4. The zero-order chi connectivity index (χ0) is 13.1. The third-order valence-electron chi connectivity index (χ3n) is 5.03. The molecule has 19 heavy (non-hydrogen) atoms. The summed E-state index contributed by atoms with van der Waals surface area (Å²) in [5, 5.41) is 10.4. The van der Waals surface area contributed by atoms with Gasteiger partial charge in [0.1, 0.15) is 16.6 Å². The number of nitrogens with one attached hydrogen (secondary N) is 1. The average molecular weight is 326 g/mol. The van der Waals surface area contributed by atoms with Crippen molar-refractivity contribution < 1.29 is 5.11 Å². The number of rotatable bonds is 2. The Labute approximate surface area is 119 Å². The molecular formula is C12H16BrN5O. The van der Waals surface area contributed by atoms with E-state index in [9.17, 15) is 5.11 Å². The summed E-state index contributed by atoms with van der Waals surface area (Å²) in [5.74, 6) is 8.67. The van der Waals surface area contributed by atoms with Gasteiger partial charge in [-0.2, -0.15) is 0 Å². The smallest absolute Gasteiger partial charge is 0.159 e.